The number of hydrogen-bond acceptors (Lipinski definition) is 3. The number of nitriles is 1. The van der Waals surface area contributed by atoms with Gasteiger partial charge < -0.3 is 5.11 Å². The minimum atomic E-state index is -0.152. The first kappa shape index (κ1) is 14.3. The third kappa shape index (κ3) is 3.18. The second-order valence-electron chi connectivity index (χ2n) is 5.66. The molecule has 1 radical (unpaired) electrons. The van der Waals surface area contributed by atoms with E-state index in [1.807, 2.05) is 12.1 Å². The molecule has 0 unspecified atom stereocenters. The van der Waals surface area contributed by atoms with Crippen LogP contribution in [0.1, 0.15) is 53.2 Å². The molecule has 0 spiro atoms. The third-order valence-electron chi connectivity index (χ3n) is 4.30. The molecular formula is C18H18NOS. The highest BCUT2D eigenvalue weighted by Gasteiger charge is 2.24. The van der Waals surface area contributed by atoms with Crippen LogP contribution < -0.4 is 0 Å². The van der Waals surface area contributed by atoms with E-state index in [-0.39, 0.29) is 6.10 Å². The van der Waals surface area contributed by atoms with Crippen molar-refractivity contribution in [3.63, 3.8) is 0 Å². The molecule has 0 amide bonds. The molecule has 0 aliphatic heterocycles. The van der Waals surface area contributed by atoms with Crippen molar-refractivity contribution in [2.24, 2.45) is 0 Å². The minimum absolute atomic E-state index is 0.152. The Bertz CT molecular complexity index is 634. The van der Waals surface area contributed by atoms with Crippen molar-refractivity contribution in [2.45, 2.75) is 44.1 Å². The standard InChI is InChI=1S/C18H18NOS/c19-12-14-3-1-5-17(13-6-8-15(20)9-7-13)18(14)11-16-4-2-10-21-16/h1-4,10,13,15,20H,6-9,11H2. The van der Waals surface area contributed by atoms with Gasteiger partial charge in [-0.3, -0.25) is 0 Å². The Morgan fingerprint density at radius 1 is 1.29 bits per heavy atom. The van der Waals surface area contributed by atoms with Gasteiger partial charge in [-0.2, -0.15) is 5.26 Å². The van der Waals surface area contributed by atoms with E-state index in [0.717, 1.165) is 43.2 Å². The van der Waals surface area contributed by atoms with Gasteiger partial charge in [0.15, 0.2) is 0 Å². The quantitative estimate of drug-likeness (QED) is 0.929. The van der Waals surface area contributed by atoms with Gasteiger partial charge in [-0.1, -0.05) is 12.1 Å². The van der Waals surface area contributed by atoms with Crippen LogP contribution in [0.3, 0.4) is 0 Å². The molecule has 2 aromatic rings. The minimum Gasteiger partial charge on any atom is -0.393 e. The predicted octanol–water partition coefficient (Wildman–Crippen LogP) is 4.03. The average Bonchev–Trinajstić information content (AvgIpc) is 3.01. The lowest BCUT2D eigenvalue weighted by Gasteiger charge is -2.27. The summed E-state index contributed by atoms with van der Waals surface area (Å²) < 4.78 is 0. The SMILES string of the molecule is N#Cc1cc[c]c(C2CCC(O)CC2)c1Cc1cccs1. The second kappa shape index (κ2) is 6.43. The van der Waals surface area contributed by atoms with Crippen LogP contribution in [0.4, 0.5) is 0 Å². The van der Waals surface area contributed by atoms with Crippen LogP contribution in [0, 0.1) is 17.4 Å². The van der Waals surface area contributed by atoms with Crippen LogP contribution in [0.25, 0.3) is 0 Å². The number of aliphatic hydroxyl groups excluding tert-OH is 1. The van der Waals surface area contributed by atoms with E-state index in [2.05, 4.69) is 29.6 Å². The fourth-order valence-corrected chi connectivity index (χ4v) is 3.88. The Kier molecular flexibility index (Phi) is 4.38. The lowest BCUT2D eigenvalue weighted by atomic mass is 9.79. The van der Waals surface area contributed by atoms with Gasteiger partial charge in [0.1, 0.15) is 0 Å². The Morgan fingerprint density at radius 3 is 2.76 bits per heavy atom. The molecule has 3 rings (SSSR count). The number of aliphatic hydroxyl groups is 1. The summed E-state index contributed by atoms with van der Waals surface area (Å²) in [6.07, 6.45) is 4.35. The van der Waals surface area contributed by atoms with Crippen LogP contribution in [0.5, 0.6) is 0 Å². The Hall–Kier alpha value is -1.63. The molecule has 2 nitrogen and oxygen atoms in total. The van der Waals surface area contributed by atoms with E-state index in [9.17, 15) is 10.4 Å². The van der Waals surface area contributed by atoms with Crippen molar-refractivity contribution in [2.75, 3.05) is 0 Å². The maximum atomic E-state index is 9.69. The first-order valence-electron chi connectivity index (χ1n) is 7.42. The lowest BCUT2D eigenvalue weighted by Crippen LogP contribution is -2.18. The molecule has 0 atom stereocenters. The highest BCUT2D eigenvalue weighted by molar-refractivity contribution is 7.09. The molecule has 1 aliphatic carbocycles. The van der Waals surface area contributed by atoms with E-state index < -0.39 is 0 Å². The predicted molar refractivity (Wildman–Crippen MR) is 84.3 cm³/mol. The van der Waals surface area contributed by atoms with E-state index in [4.69, 9.17) is 0 Å². The van der Waals surface area contributed by atoms with Gasteiger partial charge in [-0.25, -0.2) is 0 Å². The van der Waals surface area contributed by atoms with E-state index in [0.29, 0.717) is 5.92 Å². The molecule has 1 heterocycles. The van der Waals surface area contributed by atoms with Crippen molar-refractivity contribution >= 4 is 11.3 Å². The van der Waals surface area contributed by atoms with Crippen molar-refractivity contribution in [1.29, 1.82) is 5.26 Å². The molecule has 3 heteroatoms. The molecule has 1 aromatic heterocycles. The topological polar surface area (TPSA) is 44.0 Å². The second-order valence-corrected chi connectivity index (χ2v) is 6.69. The van der Waals surface area contributed by atoms with Crippen molar-refractivity contribution in [1.82, 2.24) is 0 Å². The zero-order valence-electron chi connectivity index (χ0n) is 11.9. The van der Waals surface area contributed by atoms with Gasteiger partial charge in [0.2, 0.25) is 0 Å². The zero-order valence-corrected chi connectivity index (χ0v) is 12.7. The summed E-state index contributed by atoms with van der Waals surface area (Å²) in [5, 5.41) is 21.2. The summed E-state index contributed by atoms with van der Waals surface area (Å²) in [5.41, 5.74) is 3.08. The Labute approximate surface area is 129 Å². The summed E-state index contributed by atoms with van der Waals surface area (Å²) in [4.78, 5) is 1.28. The Morgan fingerprint density at radius 2 is 2.10 bits per heavy atom. The zero-order chi connectivity index (χ0) is 14.7. The van der Waals surface area contributed by atoms with Crippen LogP contribution in [0.2, 0.25) is 0 Å². The number of rotatable bonds is 3. The average molecular weight is 296 g/mol. The molecule has 1 fully saturated rings. The molecule has 107 valence electrons. The first-order valence-corrected chi connectivity index (χ1v) is 8.30. The van der Waals surface area contributed by atoms with Crippen molar-refractivity contribution in [3.8, 4) is 6.07 Å². The molecular weight excluding hydrogens is 278 g/mol. The maximum Gasteiger partial charge on any atom is 0.0994 e. The summed E-state index contributed by atoms with van der Waals surface area (Å²) in [7, 11) is 0. The molecule has 1 aliphatic rings. The smallest absolute Gasteiger partial charge is 0.0994 e. The Balaban J connectivity index is 1.94. The molecule has 1 aromatic carbocycles. The molecule has 0 saturated heterocycles. The van der Waals surface area contributed by atoms with Gasteiger partial charge in [0, 0.05) is 11.3 Å². The maximum absolute atomic E-state index is 9.69. The third-order valence-corrected chi connectivity index (χ3v) is 5.17. The largest absolute Gasteiger partial charge is 0.393 e. The monoisotopic (exact) mass is 296 g/mol. The van der Waals surface area contributed by atoms with Crippen LogP contribution in [-0.4, -0.2) is 11.2 Å². The van der Waals surface area contributed by atoms with Gasteiger partial charge in [0.05, 0.1) is 17.7 Å². The van der Waals surface area contributed by atoms with Gasteiger partial charge in [-0.05, 0) is 66.3 Å². The highest BCUT2D eigenvalue weighted by Crippen LogP contribution is 2.36. The van der Waals surface area contributed by atoms with Crippen molar-refractivity contribution in [3.05, 3.63) is 57.3 Å². The number of thiophene rings is 1. The van der Waals surface area contributed by atoms with E-state index in [1.165, 1.54) is 10.4 Å². The normalized spacial score (nSPS) is 21.9. The van der Waals surface area contributed by atoms with Crippen LogP contribution in [0.15, 0.2) is 29.6 Å². The van der Waals surface area contributed by atoms with Crippen LogP contribution in [-0.2, 0) is 6.42 Å². The van der Waals surface area contributed by atoms with Crippen molar-refractivity contribution < 1.29 is 5.11 Å². The number of nitrogens with zero attached hydrogens (tertiary/aromatic N) is 1. The molecule has 1 N–H and O–H groups in total. The molecule has 21 heavy (non-hydrogen) atoms. The van der Waals surface area contributed by atoms with Gasteiger partial charge >= 0.3 is 0 Å². The fraction of sp³-hybridized carbons (Fsp3) is 0.389. The van der Waals surface area contributed by atoms with Crippen LogP contribution >= 0.6 is 11.3 Å². The molecule has 1 saturated carbocycles. The number of benzene rings is 1. The van der Waals surface area contributed by atoms with Gasteiger partial charge in [-0.15, -0.1) is 11.3 Å². The summed E-state index contributed by atoms with van der Waals surface area (Å²) in [6.45, 7) is 0. The van der Waals surface area contributed by atoms with E-state index >= 15 is 0 Å². The summed E-state index contributed by atoms with van der Waals surface area (Å²) in [5.74, 6) is 0.427. The lowest BCUT2D eigenvalue weighted by molar-refractivity contribution is 0.122. The van der Waals surface area contributed by atoms with E-state index in [1.54, 1.807) is 11.3 Å². The fourth-order valence-electron chi connectivity index (χ4n) is 3.16. The van der Waals surface area contributed by atoms with Gasteiger partial charge in [0.25, 0.3) is 0 Å². The summed E-state index contributed by atoms with van der Waals surface area (Å²) >= 11 is 1.73. The number of hydrogen-bond donors (Lipinski definition) is 1. The molecule has 0 bridgehead atoms. The summed E-state index contributed by atoms with van der Waals surface area (Å²) in [6, 6.07) is 13.6. The highest BCUT2D eigenvalue weighted by atomic mass is 32.1. The first-order chi connectivity index (χ1) is 10.3.